The lowest BCUT2D eigenvalue weighted by Crippen LogP contribution is -2.36. The zero-order valence-corrected chi connectivity index (χ0v) is 25.7. The molecule has 4 unspecified atom stereocenters. The van der Waals surface area contributed by atoms with Gasteiger partial charge in [0.25, 0.3) is 20.6 Å². The third kappa shape index (κ3) is 5.47. The second-order valence-corrected chi connectivity index (χ2v) is 14.7. The maximum Gasteiger partial charge on any atom is 0.465 e. The van der Waals surface area contributed by atoms with Gasteiger partial charge >= 0.3 is 7.75 Å². The number of imidazole rings is 2. The lowest BCUT2D eigenvalue weighted by Gasteiger charge is -2.27. The van der Waals surface area contributed by atoms with Crippen molar-refractivity contribution in [3.63, 3.8) is 0 Å². The number of nitrogen functional groups attached to an aromatic ring is 1. The van der Waals surface area contributed by atoms with Crippen LogP contribution >= 0.6 is 15.2 Å². The minimum atomic E-state index is -4.52. The predicted molar refractivity (Wildman–Crippen MR) is 157 cm³/mol. The Balaban J connectivity index is 1.22. The Morgan fingerprint density at radius 2 is 1.73 bits per heavy atom. The maximum atomic E-state index is 13.7. The molecule has 10 atom stereocenters. The summed E-state index contributed by atoms with van der Waals surface area (Å²) in [5.74, 6) is -0.211. The molecule has 2 bridgehead atoms. The van der Waals surface area contributed by atoms with Crippen LogP contribution in [0, 0.1) is 0 Å². The van der Waals surface area contributed by atoms with E-state index < -0.39 is 83.1 Å². The fourth-order valence-corrected chi connectivity index (χ4v) is 8.03. The average Bonchev–Trinajstić information content (AvgIpc) is 3.76. The van der Waals surface area contributed by atoms with E-state index in [4.69, 9.17) is 45.7 Å². The number of hydrogen-bond donors (Lipinski definition) is 4. The highest BCUT2D eigenvalue weighted by molar-refractivity contribution is 7.79. The summed E-state index contributed by atoms with van der Waals surface area (Å²) in [7, 11) is -7.41. The quantitative estimate of drug-likeness (QED) is 0.159. The topological polar surface area (TPSA) is 250 Å². The highest BCUT2D eigenvalue weighted by Crippen LogP contribution is 2.56. The van der Waals surface area contributed by atoms with Crippen molar-refractivity contribution in [3.8, 4) is 0 Å². The number of aromatic nitrogens is 6. The zero-order valence-electron chi connectivity index (χ0n) is 23.1. The van der Waals surface area contributed by atoms with Gasteiger partial charge in [-0.25, -0.2) is 14.5 Å². The number of rotatable bonds is 3. The van der Waals surface area contributed by atoms with Crippen LogP contribution in [0.2, 0.25) is 0 Å². The van der Waals surface area contributed by atoms with Gasteiger partial charge in [-0.05, 0) is 12.1 Å². The standard InChI is InChI=1S/C22H25BN8O11P2S/c23-43(35)37-6-12-16(15(33)20(40-12)30-7-25-9-3-1-2-4-10(9)30)42-44(36,29-45)38-5-11-14(32)17(41-43)21(39-11)31-8-26-13-18(31)27-22(24)28-19(13)34/h1-4,7-8,11-12,14-17,20-21,32-33H,5-6,23H2,(H3,24,27,28,34)/t11-,12-,14?,15+,16?,17+,20-,21-,43?,44?/m1/s1. The first-order valence-electron chi connectivity index (χ1n) is 13.5. The highest BCUT2D eigenvalue weighted by atomic mass is 32.1. The Hall–Kier alpha value is -2.94. The highest BCUT2D eigenvalue weighted by Gasteiger charge is 2.53. The van der Waals surface area contributed by atoms with Gasteiger partial charge in [-0.3, -0.25) is 28.0 Å². The lowest BCUT2D eigenvalue weighted by atomic mass is 10.1. The number of para-hydroxylation sites is 2. The van der Waals surface area contributed by atoms with Gasteiger partial charge in [-0.2, -0.15) is 4.98 Å². The molecule has 0 spiro atoms. The molecule has 3 aliphatic rings. The molecular formula is C22H25BN8O11P2S. The van der Waals surface area contributed by atoms with Crippen LogP contribution in [0.5, 0.6) is 0 Å². The number of aliphatic hydroxyl groups excluding tert-OH is 2. The molecule has 23 heteroatoms. The summed E-state index contributed by atoms with van der Waals surface area (Å²) in [4.78, 5) is 27.2. The number of H-pyrrole nitrogens is 1. The molecule has 0 aliphatic carbocycles. The van der Waals surface area contributed by atoms with E-state index in [1.165, 1.54) is 24.8 Å². The van der Waals surface area contributed by atoms with Crippen LogP contribution in [0.4, 0.5) is 5.95 Å². The monoisotopic (exact) mass is 682 g/mol. The first-order chi connectivity index (χ1) is 21.5. The van der Waals surface area contributed by atoms with Crippen LogP contribution in [0.25, 0.3) is 22.2 Å². The largest absolute Gasteiger partial charge is 0.465 e. The van der Waals surface area contributed by atoms with Crippen molar-refractivity contribution >= 4 is 63.4 Å². The lowest BCUT2D eigenvalue weighted by molar-refractivity contribution is -0.0585. The summed E-state index contributed by atoms with van der Waals surface area (Å²) in [5, 5.41) is 22.5. The minimum Gasteiger partial charge on any atom is -0.387 e. The van der Waals surface area contributed by atoms with E-state index in [0.717, 1.165) is 0 Å². The summed E-state index contributed by atoms with van der Waals surface area (Å²) >= 11 is 4.75. The van der Waals surface area contributed by atoms with E-state index >= 15 is 0 Å². The predicted octanol–water partition coefficient (Wildman–Crippen LogP) is -0.335. The van der Waals surface area contributed by atoms with Crippen LogP contribution in [-0.2, 0) is 49.1 Å². The number of hydrogen-bond acceptors (Lipinski definition) is 16. The Morgan fingerprint density at radius 3 is 2.53 bits per heavy atom. The third-order valence-corrected chi connectivity index (χ3v) is 10.7. The number of anilines is 1. The molecule has 0 saturated carbocycles. The number of nitrogens with two attached hydrogens (primary N) is 1. The van der Waals surface area contributed by atoms with E-state index in [1.807, 2.05) is 0 Å². The number of benzene rings is 1. The fraction of sp³-hybridized carbons (Fsp3) is 0.455. The summed E-state index contributed by atoms with van der Waals surface area (Å²) in [6, 6.07) is 7.13. The summed E-state index contributed by atoms with van der Waals surface area (Å²) in [6.45, 7) is -1.09. The van der Waals surface area contributed by atoms with E-state index in [-0.39, 0.29) is 17.1 Å². The van der Waals surface area contributed by atoms with Crippen molar-refractivity contribution < 1.29 is 46.9 Å². The van der Waals surface area contributed by atoms with E-state index in [9.17, 15) is 24.1 Å². The van der Waals surface area contributed by atoms with Crippen LogP contribution in [0.15, 0.2) is 45.8 Å². The van der Waals surface area contributed by atoms with Gasteiger partial charge in [0.1, 0.15) is 36.6 Å². The third-order valence-electron chi connectivity index (χ3n) is 7.65. The molecule has 3 aromatic heterocycles. The smallest absolute Gasteiger partial charge is 0.387 e. The average molecular weight is 682 g/mol. The molecule has 19 nitrogen and oxygen atoms in total. The van der Waals surface area contributed by atoms with Crippen molar-refractivity contribution in [2.75, 3.05) is 18.9 Å². The van der Waals surface area contributed by atoms with Gasteiger partial charge in [0.05, 0.1) is 36.9 Å². The molecule has 0 amide bonds. The number of aromatic amines is 1. The van der Waals surface area contributed by atoms with Gasteiger partial charge in [0.15, 0.2) is 23.6 Å². The van der Waals surface area contributed by atoms with Crippen molar-refractivity contribution in [3.05, 3.63) is 47.3 Å². The number of nitrogens with one attached hydrogen (secondary N) is 1. The van der Waals surface area contributed by atoms with Crippen LogP contribution in [0.1, 0.15) is 12.5 Å². The Labute approximate surface area is 258 Å². The number of aliphatic hydroxyl groups is 2. The summed E-state index contributed by atoms with van der Waals surface area (Å²) in [5.41, 5.74) is 6.26. The molecule has 1 aromatic carbocycles. The first kappa shape index (κ1) is 30.7. The zero-order chi connectivity index (χ0) is 31.7. The summed E-state index contributed by atoms with van der Waals surface area (Å²) in [6.07, 6.45) is -7.99. The van der Waals surface area contributed by atoms with Gasteiger partial charge in [0, 0.05) is 12.4 Å². The Kier molecular flexibility index (Phi) is 7.77. The molecule has 4 aromatic rings. The minimum absolute atomic E-state index is 0.0135. The van der Waals surface area contributed by atoms with Crippen LogP contribution in [-0.4, -0.2) is 96.7 Å². The van der Waals surface area contributed by atoms with E-state index in [1.54, 1.807) is 28.8 Å². The molecule has 3 fully saturated rings. The Morgan fingerprint density at radius 1 is 1.00 bits per heavy atom. The van der Waals surface area contributed by atoms with Crippen LogP contribution in [0.3, 0.4) is 0 Å². The van der Waals surface area contributed by atoms with Crippen molar-refractivity contribution in [2.45, 2.75) is 49.1 Å². The van der Waals surface area contributed by atoms with Crippen molar-refractivity contribution in [2.24, 2.45) is 4.13 Å². The van der Waals surface area contributed by atoms with E-state index in [2.05, 4.69) is 24.1 Å². The molecule has 238 valence electrons. The van der Waals surface area contributed by atoms with Gasteiger partial charge < -0.3 is 39.0 Å². The normalized spacial score (nSPS) is 37.6. The molecule has 7 rings (SSSR count). The molecule has 6 heterocycles. The Bertz CT molecular complexity index is 1940. The van der Waals surface area contributed by atoms with Crippen LogP contribution < -0.4 is 11.3 Å². The number of fused-ring (bicyclic) bond motifs is 5. The maximum absolute atomic E-state index is 13.7. The van der Waals surface area contributed by atoms with Gasteiger partial charge in [0.2, 0.25) is 5.95 Å². The number of nitrogens with zero attached hydrogens (tertiary/aromatic N) is 6. The second-order valence-electron chi connectivity index (χ2n) is 10.6. The summed E-state index contributed by atoms with van der Waals surface area (Å²) < 4.78 is 68.3. The molecule has 3 aliphatic heterocycles. The number of ether oxygens (including phenoxy) is 2. The first-order valence-corrected chi connectivity index (χ1v) is 17.3. The SMILES string of the molecule is BP1(=O)OC[C@H]2O[C@@H](n3cnc4ccccc43)[C@@H](O)C2OP(=O)(N=S)OC[C@H]2O[C@@H](n3cnc4c(=O)[nH]c(N)nc43)[C@@H](O1)C2O. The molecule has 3 saturated heterocycles. The van der Waals surface area contributed by atoms with Crippen molar-refractivity contribution in [1.29, 1.82) is 0 Å². The van der Waals surface area contributed by atoms with E-state index in [0.29, 0.717) is 11.0 Å². The van der Waals surface area contributed by atoms with Crippen molar-refractivity contribution in [1.82, 2.24) is 29.1 Å². The molecule has 45 heavy (non-hydrogen) atoms. The second kappa shape index (κ2) is 11.4. The molecule has 0 radical (unpaired) electrons. The molecule has 5 N–H and O–H groups in total. The van der Waals surface area contributed by atoms with Gasteiger partial charge in [-0.15, -0.1) is 4.13 Å². The molecular weight excluding hydrogens is 657 g/mol. The fourth-order valence-electron chi connectivity index (χ4n) is 5.57. The van der Waals surface area contributed by atoms with Gasteiger partial charge in [-0.1, -0.05) is 12.1 Å².